The van der Waals surface area contributed by atoms with E-state index in [1.807, 2.05) is 5.38 Å². The Kier molecular flexibility index (Phi) is 7.24. The van der Waals surface area contributed by atoms with Gasteiger partial charge in [-0.3, -0.25) is 19.8 Å². The SMILES string of the molecule is COc1cc(C(=O)NCC(c2ccsc2)N2CCN(C)CC2)c([N+](=O)[O-])cc1OC. The number of thiophene rings is 1. The first-order chi connectivity index (χ1) is 14.4. The van der Waals surface area contributed by atoms with E-state index in [9.17, 15) is 14.9 Å². The molecule has 1 aromatic heterocycles. The van der Waals surface area contributed by atoms with E-state index in [1.54, 1.807) is 11.3 Å². The van der Waals surface area contributed by atoms with Gasteiger partial charge in [0, 0.05) is 38.8 Å². The summed E-state index contributed by atoms with van der Waals surface area (Å²) in [5.41, 5.74) is 0.753. The first kappa shape index (κ1) is 22.0. The number of amides is 1. The number of nitro groups is 1. The van der Waals surface area contributed by atoms with Gasteiger partial charge in [-0.05, 0) is 29.4 Å². The molecule has 1 N–H and O–H groups in total. The monoisotopic (exact) mass is 434 g/mol. The van der Waals surface area contributed by atoms with Crippen molar-refractivity contribution < 1.29 is 19.2 Å². The predicted molar refractivity (Wildman–Crippen MR) is 115 cm³/mol. The Bertz CT molecular complexity index is 882. The number of nitrogens with zero attached hydrogens (tertiary/aromatic N) is 3. The maximum absolute atomic E-state index is 12.9. The van der Waals surface area contributed by atoms with Crippen LogP contribution in [0.2, 0.25) is 0 Å². The van der Waals surface area contributed by atoms with E-state index in [-0.39, 0.29) is 28.8 Å². The van der Waals surface area contributed by atoms with Crippen molar-refractivity contribution in [1.82, 2.24) is 15.1 Å². The lowest BCUT2D eigenvalue weighted by Crippen LogP contribution is -2.48. The predicted octanol–water partition coefficient (Wildman–Crippen LogP) is 2.39. The average molecular weight is 435 g/mol. The third-order valence-corrected chi connectivity index (χ3v) is 6.01. The molecule has 162 valence electrons. The molecule has 0 bridgehead atoms. The van der Waals surface area contributed by atoms with E-state index < -0.39 is 10.8 Å². The van der Waals surface area contributed by atoms with Crippen LogP contribution in [0, 0.1) is 10.1 Å². The van der Waals surface area contributed by atoms with Crippen LogP contribution in [0.3, 0.4) is 0 Å². The molecule has 1 amide bonds. The van der Waals surface area contributed by atoms with Crippen LogP contribution in [0.4, 0.5) is 5.69 Å². The first-order valence-electron chi connectivity index (χ1n) is 9.58. The van der Waals surface area contributed by atoms with Gasteiger partial charge in [0.15, 0.2) is 11.5 Å². The fraction of sp³-hybridized carbons (Fsp3) is 0.450. The number of nitrogens with one attached hydrogen (secondary N) is 1. The molecular weight excluding hydrogens is 408 g/mol. The van der Waals surface area contributed by atoms with Gasteiger partial charge in [-0.15, -0.1) is 0 Å². The number of likely N-dealkylation sites (N-methyl/N-ethyl adjacent to an activating group) is 1. The number of ether oxygens (including phenoxy) is 2. The zero-order chi connectivity index (χ0) is 21.7. The van der Waals surface area contributed by atoms with Gasteiger partial charge in [-0.1, -0.05) is 0 Å². The Hall–Kier alpha value is -2.69. The minimum absolute atomic E-state index is 0.00750. The zero-order valence-corrected chi connectivity index (χ0v) is 18.1. The van der Waals surface area contributed by atoms with Crippen molar-refractivity contribution in [2.75, 3.05) is 54.0 Å². The molecule has 0 spiro atoms. The molecule has 0 aliphatic carbocycles. The van der Waals surface area contributed by atoms with Crippen molar-refractivity contribution in [2.24, 2.45) is 0 Å². The maximum atomic E-state index is 12.9. The molecule has 1 aliphatic heterocycles. The summed E-state index contributed by atoms with van der Waals surface area (Å²) in [7, 11) is 4.91. The minimum atomic E-state index is -0.590. The first-order valence-corrected chi connectivity index (χ1v) is 10.5. The normalized spacial score (nSPS) is 16.1. The lowest BCUT2D eigenvalue weighted by molar-refractivity contribution is -0.385. The van der Waals surface area contributed by atoms with Crippen LogP contribution in [0.5, 0.6) is 11.5 Å². The highest BCUT2D eigenvalue weighted by atomic mass is 32.1. The number of hydrogen-bond donors (Lipinski definition) is 1. The van der Waals surface area contributed by atoms with E-state index in [2.05, 4.69) is 33.6 Å². The van der Waals surface area contributed by atoms with Crippen molar-refractivity contribution in [3.8, 4) is 11.5 Å². The largest absolute Gasteiger partial charge is 0.493 e. The topological polar surface area (TPSA) is 97.2 Å². The fourth-order valence-electron chi connectivity index (χ4n) is 3.54. The van der Waals surface area contributed by atoms with Crippen molar-refractivity contribution in [3.63, 3.8) is 0 Å². The van der Waals surface area contributed by atoms with E-state index >= 15 is 0 Å². The van der Waals surface area contributed by atoms with Gasteiger partial charge < -0.3 is 19.7 Å². The molecule has 9 nitrogen and oxygen atoms in total. The number of carbonyl (C=O) groups excluding carboxylic acids is 1. The van der Waals surface area contributed by atoms with Crippen molar-refractivity contribution >= 4 is 22.9 Å². The van der Waals surface area contributed by atoms with Crippen LogP contribution in [-0.4, -0.2) is 74.6 Å². The van der Waals surface area contributed by atoms with Crippen LogP contribution < -0.4 is 14.8 Å². The van der Waals surface area contributed by atoms with Crippen LogP contribution in [0.15, 0.2) is 29.0 Å². The smallest absolute Gasteiger partial charge is 0.286 e. The van der Waals surface area contributed by atoms with Crippen LogP contribution in [-0.2, 0) is 0 Å². The van der Waals surface area contributed by atoms with Crippen LogP contribution in [0.25, 0.3) is 0 Å². The molecule has 1 fully saturated rings. The molecule has 1 atom stereocenters. The highest BCUT2D eigenvalue weighted by Gasteiger charge is 2.28. The number of piperazine rings is 1. The van der Waals surface area contributed by atoms with Crippen molar-refractivity contribution in [1.29, 1.82) is 0 Å². The zero-order valence-electron chi connectivity index (χ0n) is 17.3. The number of nitro benzene ring substituents is 1. The molecule has 1 saturated heterocycles. The van der Waals surface area contributed by atoms with Crippen molar-refractivity contribution in [2.45, 2.75) is 6.04 Å². The fourth-order valence-corrected chi connectivity index (χ4v) is 4.25. The number of hydrogen-bond acceptors (Lipinski definition) is 8. The van der Waals surface area contributed by atoms with E-state index in [4.69, 9.17) is 9.47 Å². The Labute approximate surface area is 179 Å². The van der Waals surface area contributed by atoms with Crippen molar-refractivity contribution in [3.05, 3.63) is 50.2 Å². The highest BCUT2D eigenvalue weighted by Crippen LogP contribution is 2.34. The Balaban J connectivity index is 1.81. The highest BCUT2D eigenvalue weighted by molar-refractivity contribution is 7.07. The summed E-state index contributed by atoms with van der Waals surface area (Å²) in [6.07, 6.45) is 0. The third kappa shape index (κ3) is 4.89. The van der Waals surface area contributed by atoms with Gasteiger partial charge >= 0.3 is 0 Å². The van der Waals surface area contributed by atoms with Gasteiger partial charge in [0.05, 0.1) is 31.3 Å². The summed E-state index contributed by atoms with van der Waals surface area (Å²) in [6.45, 7) is 4.04. The average Bonchev–Trinajstić information content (AvgIpc) is 3.28. The summed E-state index contributed by atoms with van der Waals surface area (Å²) in [4.78, 5) is 28.4. The Morgan fingerprint density at radius 1 is 1.23 bits per heavy atom. The lowest BCUT2D eigenvalue weighted by atomic mass is 10.1. The number of methoxy groups -OCH3 is 2. The molecular formula is C20H26N4O5S. The second-order valence-electron chi connectivity index (χ2n) is 7.10. The molecule has 0 saturated carbocycles. The van der Waals surface area contributed by atoms with Gasteiger partial charge in [-0.25, -0.2) is 0 Å². The van der Waals surface area contributed by atoms with E-state index in [0.29, 0.717) is 6.54 Å². The van der Waals surface area contributed by atoms with Gasteiger partial charge in [0.1, 0.15) is 5.56 Å². The second kappa shape index (κ2) is 9.88. The summed E-state index contributed by atoms with van der Waals surface area (Å²) >= 11 is 1.61. The molecule has 30 heavy (non-hydrogen) atoms. The number of rotatable bonds is 8. The molecule has 1 unspecified atom stereocenters. The standard InChI is InChI=1S/C20H26N4O5S/c1-22-5-7-23(8-6-22)17(14-4-9-30-13-14)12-21-20(25)15-10-18(28-2)19(29-3)11-16(15)24(26)27/h4,9-11,13,17H,5-8,12H2,1-3H3,(H,21,25). The Morgan fingerprint density at radius 3 is 2.47 bits per heavy atom. The molecule has 1 aromatic carbocycles. The summed E-state index contributed by atoms with van der Waals surface area (Å²) < 4.78 is 10.3. The van der Waals surface area contributed by atoms with Gasteiger partial charge in [0.25, 0.3) is 11.6 Å². The molecule has 0 radical (unpaired) electrons. The number of benzene rings is 1. The van der Waals surface area contributed by atoms with Gasteiger partial charge in [0.2, 0.25) is 0 Å². The molecule has 3 rings (SSSR count). The molecule has 2 aromatic rings. The van der Waals surface area contributed by atoms with E-state index in [1.165, 1.54) is 26.4 Å². The summed E-state index contributed by atoms with van der Waals surface area (Å²) in [5, 5.41) is 18.5. The molecule has 2 heterocycles. The van der Waals surface area contributed by atoms with Gasteiger partial charge in [-0.2, -0.15) is 11.3 Å². The summed E-state index contributed by atoms with van der Waals surface area (Å²) in [5.74, 6) is -0.0481. The third-order valence-electron chi connectivity index (χ3n) is 5.31. The quantitative estimate of drug-likeness (QED) is 0.503. The maximum Gasteiger partial charge on any atom is 0.286 e. The number of carbonyl (C=O) groups is 1. The molecule has 10 heteroatoms. The van der Waals surface area contributed by atoms with Crippen LogP contribution in [0.1, 0.15) is 22.0 Å². The second-order valence-corrected chi connectivity index (χ2v) is 7.88. The molecule has 1 aliphatic rings. The van der Waals surface area contributed by atoms with E-state index in [0.717, 1.165) is 31.7 Å². The Morgan fingerprint density at radius 2 is 1.90 bits per heavy atom. The summed E-state index contributed by atoms with van der Waals surface area (Å²) in [6, 6.07) is 4.62. The van der Waals surface area contributed by atoms with Crippen LogP contribution >= 0.6 is 11.3 Å². The lowest BCUT2D eigenvalue weighted by Gasteiger charge is -2.38. The minimum Gasteiger partial charge on any atom is -0.493 e.